The normalized spacial score (nSPS) is 33.3. The van der Waals surface area contributed by atoms with Crippen LogP contribution in [0.15, 0.2) is 35.3 Å². The van der Waals surface area contributed by atoms with Crippen LogP contribution in [0.4, 0.5) is 0 Å². The van der Waals surface area contributed by atoms with Gasteiger partial charge in [0, 0.05) is 35.9 Å². The van der Waals surface area contributed by atoms with Crippen LogP contribution in [0.2, 0.25) is 0 Å². The molecule has 2 aliphatic rings. The van der Waals surface area contributed by atoms with Gasteiger partial charge in [-0.15, -0.1) is 11.3 Å². The topological polar surface area (TPSA) is 152 Å². The second-order valence-electron chi connectivity index (χ2n) is 9.47. The Morgan fingerprint density at radius 1 is 1.18 bits per heavy atom. The smallest absolute Gasteiger partial charge is 0.303 e. The van der Waals surface area contributed by atoms with Gasteiger partial charge in [0.15, 0.2) is 27.4 Å². The zero-order chi connectivity index (χ0) is 29.0. The van der Waals surface area contributed by atoms with Crippen molar-refractivity contribution in [3.8, 4) is 0 Å². The Kier molecular flexibility index (Phi) is 9.97. The molecule has 0 saturated carbocycles. The molecule has 3 heterocycles. The largest absolute Gasteiger partial charge is 0.604 e. The summed E-state index contributed by atoms with van der Waals surface area (Å²) < 4.78 is 22.6. The molecule has 0 aliphatic carbocycles. The van der Waals surface area contributed by atoms with E-state index in [1.165, 1.54) is 43.4 Å². The number of thiazole rings is 1. The zero-order valence-corrected chi connectivity index (χ0v) is 24.6. The zero-order valence-electron chi connectivity index (χ0n) is 22.2. The molecule has 5 atom stereocenters. The Morgan fingerprint density at radius 2 is 1.87 bits per heavy atom. The van der Waals surface area contributed by atoms with Crippen molar-refractivity contribution in [2.24, 2.45) is 0 Å². The number of hydrogen-bond acceptors (Lipinski definition) is 11. The predicted octanol–water partition coefficient (Wildman–Crippen LogP) is 3.52. The lowest BCUT2D eigenvalue weighted by molar-refractivity contribution is -0.164. The summed E-state index contributed by atoms with van der Waals surface area (Å²) in [5.74, 6) is -2.37. The van der Waals surface area contributed by atoms with Crippen LogP contribution >= 0.6 is 22.1 Å². The van der Waals surface area contributed by atoms with Crippen LogP contribution in [-0.2, 0) is 43.7 Å². The highest BCUT2D eigenvalue weighted by Crippen LogP contribution is 2.54. The molecule has 13 heteroatoms. The van der Waals surface area contributed by atoms with Gasteiger partial charge < -0.3 is 19.3 Å². The van der Waals surface area contributed by atoms with E-state index in [-0.39, 0.29) is 19.3 Å². The molecule has 10 nitrogen and oxygen atoms in total. The highest BCUT2D eigenvalue weighted by atomic mass is 33.1. The van der Waals surface area contributed by atoms with Gasteiger partial charge in [-0.1, -0.05) is 17.7 Å². The molecule has 1 amide bonds. The first-order valence-electron chi connectivity index (χ1n) is 12.1. The summed E-state index contributed by atoms with van der Waals surface area (Å²) >= 11 is 1.33. The fraction of sp³-hybridized carbons (Fsp3) is 0.462. The van der Waals surface area contributed by atoms with Crippen LogP contribution in [-0.4, -0.2) is 54.7 Å². The Labute approximate surface area is 237 Å². The molecule has 1 aromatic rings. The first kappa shape index (κ1) is 30.8. The number of carbonyl (C=O) groups is 5. The number of aromatic nitrogens is 1. The lowest BCUT2D eigenvalue weighted by Crippen LogP contribution is -2.59. The molecule has 1 fully saturated rings. The molecule has 2 aliphatic heterocycles. The Balaban J connectivity index is 2.09. The van der Waals surface area contributed by atoms with Crippen molar-refractivity contribution in [3.05, 3.63) is 46.0 Å². The van der Waals surface area contributed by atoms with Crippen LogP contribution in [0.5, 0.6) is 0 Å². The van der Waals surface area contributed by atoms with Gasteiger partial charge in [-0.3, -0.25) is 24.0 Å². The molecule has 1 aromatic heterocycles. The van der Waals surface area contributed by atoms with Crippen molar-refractivity contribution in [1.29, 1.82) is 0 Å². The third kappa shape index (κ3) is 7.07. The van der Waals surface area contributed by atoms with Crippen molar-refractivity contribution < 1.29 is 38.0 Å². The molecule has 2 bridgehead atoms. The number of nitrogens with one attached hydrogen (secondary N) is 1. The van der Waals surface area contributed by atoms with Gasteiger partial charge in [-0.2, -0.15) is 0 Å². The van der Waals surface area contributed by atoms with E-state index >= 15 is 0 Å². The van der Waals surface area contributed by atoms with E-state index < -0.39 is 61.4 Å². The quantitative estimate of drug-likeness (QED) is 0.233. The molecule has 39 heavy (non-hydrogen) atoms. The molecule has 0 aromatic carbocycles. The molecule has 3 rings (SSSR count). The van der Waals surface area contributed by atoms with E-state index in [4.69, 9.17) is 9.47 Å². The van der Waals surface area contributed by atoms with Crippen LogP contribution in [0.1, 0.15) is 70.6 Å². The van der Waals surface area contributed by atoms with Crippen molar-refractivity contribution >= 4 is 67.2 Å². The number of amides is 1. The third-order valence-corrected chi connectivity index (χ3v) is 11.4. The summed E-state index contributed by atoms with van der Waals surface area (Å²) in [5.41, 5.74) is -0.643. The number of rotatable bonds is 2. The van der Waals surface area contributed by atoms with Crippen molar-refractivity contribution in [2.75, 3.05) is 0 Å². The van der Waals surface area contributed by atoms with E-state index in [2.05, 4.69) is 10.3 Å². The third-order valence-electron chi connectivity index (χ3n) is 6.38. The van der Waals surface area contributed by atoms with Gasteiger partial charge in [0.25, 0.3) is 5.12 Å². The summed E-state index contributed by atoms with van der Waals surface area (Å²) in [6.07, 6.45) is 6.19. The van der Waals surface area contributed by atoms with Crippen molar-refractivity contribution in [1.82, 2.24) is 10.3 Å². The molecule has 1 N–H and O–H groups in total. The Morgan fingerprint density at radius 3 is 2.54 bits per heavy atom. The summed E-state index contributed by atoms with van der Waals surface area (Å²) in [6, 6.07) is -0.484. The maximum Gasteiger partial charge on any atom is 0.303 e. The maximum absolute atomic E-state index is 13.5. The monoisotopic (exact) mass is 594 g/mol. The SMILES string of the molecule is CC(=O)OC1/C=C(\C)CC[C@]2(CC(=O)NC(C)c3nc(cs3)/C=C\C=C\C1=O)[S+]([O-])SC(=O)[C@]2(C)OC(C)=O. The van der Waals surface area contributed by atoms with Gasteiger partial charge in [0.05, 0.1) is 18.2 Å². The molecule has 1 saturated heterocycles. The number of hydrogen-bond donors (Lipinski definition) is 1. The minimum Gasteiger partial charge on any atom is -0.604 e. The van der Waals surface area contributed by atoms with Crippen LogP contribution in [0, 0.1) is 0 Å². The Hall–Kier alpha value is -2.74. The average molecular weight is 595 g/mol. The summed E-state index contributed by atoms with van der Waals surface area (Å²) in [5, 5.41) is 4.65. The first-order valence-corrected chi connectivity index (χ1v) is 15.5. The van der Waals surface area contributed by atoms with Gasteiger partial charge >= 0.3 is 11.9 Å². The number of ether oxygens (including phenoxy) is 2. The van der Waals surface area contributed by atoms with Gasteiger partial charge in [-0.05, 0) is 45.4 Å². The molecule has 1 spiro atoms. The summed E-state index contributed by atoms with van der Waals surface area (Å²) in [4.78, 5) is 67.3. The van der Waals surface area contributed by atoms with Gasteiger partial charge in [-0.25, -0.2) is 4.98 Å². The maximum atomic E-state index is 13.5. The van der Waals surface area contributed by atoms with Crippen molar-refractivity contribution in [3.63, 3.8) is 0 Å². The number of nitrogens with zero attached hydrogens (tertiary/aromatic N) is 1. The second-order valence-corrected chi connectivity index (χ2v) is 13.6. The molecular weight excluding hydrogens is 564 g/mol. The minimum absolute atomic E-state index is 0.00717. The lowest BCUT2D eigenvalue weighted by atomic mass is 9.81. The van der Waals surface area contributed by atoms with E-state index in [0.717, 1.165) is 6.92 Å². The molecule has 3 unspecified atom stereocenters. The number of ketones is 1. The highest BCUT2D eigenvalue weighted by Gasteiger charge is 2.72. The number of carbonyl (C=O) groups excluding carboxylic acids is 5. The van der Waals surface area contributed by atoms with Gasteiger partial charge in [0.1, 0.15) is 5.01 Å². The fourth-order valence-corrected chi connectivity index (χ4v) is 9.11. The lowest BCUT2D eigenvalue weighted by Gasteiger charge is -2.38. The number of esters is 2. The fourth-order valence-electron chi connectivity index (χ4n) is 4.32. The van der Waals surface area contributed by atoms with E-state index in [1.54, 1.807) is 31.4 Å². The van der Waals surface area contributed by atoms with E-state index in [1.807, 2.05) is 0 Å². The van der Waals surface area contributed by atoms with Crippen LogP contribution in [0.25, 0.3) is 6.08 Å². The average Bonchev–Trinajstić information content (AvgIpc) is 3.37. The van der Waals surface area contributed by atoms with E-state index in [9.17, 15) is 28.5 Å². The van der Waals surface area contributed by atoms with Gasteiger partial charge in [0.2, 0.25) is 11.5 Å². The molecule has 210 valence electrons. The standard InChI is InChI=1S/C26H30N2O8S3/c1-15-10-11-26(25(5,36-18(4)30)24(33)38-39(26)34)13-22(32)27-16(2)23-28-19(14-37-23)8-6-7-9-20(31)21(12-15)35-17(3)29/h6-9,12,14,16,21H,10-11,13H2,1-5H3,(H,27,32)/b8-6-,9-7+,15-12+/t16?,21?,25-,26+,39?/m0/s1. The highest BCUT2D eigenvalue weighted by molar-refractivity contribution is 8.79. The Bertz CT molecular complexity index is 1260. The second kappa shape index (κ2) is 12.6. The number of allylic oxidation sites excluding steroid dienone is 3. The van der Waals surface area contributed by atoms with Crippen LogP contribution < -0.4 is 5.32 Å². The first-order chi connectivity index (χ1) is 18.3. The minimum atomic E-state index is -1.94. The van der Waals surface area contributed by atoms with E-state index in [0.29, 0.717) is 27.1 Å². The van der Waals surface area contributed by atoms with Crippen molar-refractivity contribution in [2.45, 2.75) is 76.4 Å². The van der Waals surface area contributed by atoms with Crippen LogP contribution in [0.3, 0.4) is 0 Å². The molecule has 0 radical (unpaired) electrons. The molecular formula is C26H30N2O8S3. The number of fused-ring (bicyclic) bond motifs is 2. The summed E-state index contributed by atoms with van der Waals surface area (Å²) in [6.45, 7) is 7.16. The predicted molar refractivity (Wildman–Crippen MR) is 149 cm³/mol. The summed E-state index contributed by atoms with van der Waals surface area (Å²) in [7, 11) is -1.40.